The second-order valence-corrected chi connectivity index (χ2v) is 12.6. The van der Waals surface area contributed by atoms with Crippen LogP contribution in [-0.2, 0) is 0 Å². The number of hydrogen-bond donors (Lipinski definition) is 0. The van der Waals surface area contributed by atoms with Crippen molar-refractivity contribution < 1.29 is 0 Å². The van der Waals surface area contributed by atoms with Crippen LogP contribution in [0.2, 0.25) is 0 Å². The van der Waals surface area contributed by atoms with E-state index in [1.807, 2.05) is 0 Å². The molecule has 0 bridgehead atoms. The zero-order chi connectivity index (χ0) is 31.3. The van der Waals surface area contributed by atoms with Crippen molar-refractivity contribution in [3.63, 3.8) is 0 Å². The standard InChI is InChI=1S/C44H26N4/c1-4-16-37-31(11-1)32-12-2-5-17-38(32)48(37)30-23-24-40-36(25-30)33-13-3-6-18-39(33)47(40)29-21-19-28(20-22-29)43-42-34-14-7-9-27-10-8-15-35(41(27)34)44(42)46-26-45-43/h1-26H. The summed E-state index contributed by atoms with van der Waals surface area (Å²) in [6.45, 7) is 0. The van der Waals surface area contributed by atoms with Crippen LogP contribution in [0.4, 0.5) is 0 Å². The first kappa shape index (κ1) is 25.6. The Kier molecular flexibility index (Phi) is 5.08. The van der Waals surface area contributed by atoms with Crippen LogP contribution < -0.4 is 0 Å². The molecule has 10 aromatic rings. The van der Waals surface area contributed by atoms with Crippen LogP contribution in [0.5, 0.6) is 0 Å². The molecular weight excluding hydrogens is 585 g/mol. The van der Waals surface area contributed by atoms with Crippen LogP contribution in [0, 0.1) is 0 Å². The molecule has 0 unspecified atom stereocenters. The number of para-hydroxylation sites is 3. The van der Waals surface area contributed by atoms with E-state index in [9.17, 15) is 0 Å². The van der Waals surface area contributed by atoms with Crippen molar-refractivity contribution in [2.24, 2.45) is 0 Å². The molecule has 4 heteroatoms. The third-order valence-electron chi connectivity index (χ3n) is 10.2. The lowest BCUT2D eigenvalue weighted by molar-refractivity contribution is 1.16. The third kappa shape index (κ3) is 3.38. The molecule has 0 aliphatic heterocycles. The SMILES string of the molecule is c1cc2c3c(cccc3c1)-c1c(-c3ccc(-n4c5ccccc5c5cc(-n6c7ccccc7c7ccccc76)ccc54)cc3)ncnc1-2. The number of hydrogen-bond acceptors (Lipinski definition) is 2. The van der Waals surface area contributed by atoms with Crippen LogP contribution in [0.25, 0.3) is 99.4 Å². The number of benzene rings is 7. The molecule has 0 radical (unpaired) electrons. The molecule has 4 nitrogen and oxygen atoms in total. The molecule has 222 valence electrons. The highest BCUT2D eigenvalue weighted by molar-refractivity contribution is 6.17. The van der Waals surface area contributed by atoms with Gasteiger partial charge in [0.15, 0.2) is 0 Å². The molecule has 48 heavy (non-hydrogen) atoms. The fraction of sp³-hybridized carbons (Fsp3) is 0. The minimum atomic E-state index is 0.966. The van der Waals surface area contributed by atoms with E-state index in [0.717, 1.165) is 33.9 Å². The number of nitrogens with zero attached hydrogens (tertiary/aromatic N) is 4. The van der Waals surface area contributed by atoms with Crippen LogP contribution >= 0.6 is 0 Å². The van der Waals surface area contributed by atoms with Crippen molar-refractivity contribution in [2.75, 3.05) is 0 Å². The molecule has 1 aliphatic carbocycles. The van der Waals surface area contributed by atoms with E-state index in [2.05, 4.69) is 161 Å². The molecule has 0 saturated heterocycles. The normalized spacial score (nSPS) is 12.2. The van der Waals surface area contributed by atoms with E-state index in [-0.39, 0.29) is 0 Å². The van der Waals surface area contributed by atoms with Crippen LogP contribution in [-0.4, -0.2) is 19.1 Å². The molecule has 0 atom stereocenters. The van der Waals surface area contributed by atoms with Crippen molar-refractivity contribution in [2.45, 2.75) is 0 Å². The van der Waals surface area contributed by atoms with Crippen LogP contribution in [0.15, 0.2) is 158 Å². The minimum Gasteiger partial charge on any atom is -0.309 e. The molecule has 11 rings (SSSR count). The molecule has 0 spiro atoms. The Bertz CT molecular complexity index is 2890. The van der Waals surface area contributed by atoms with Crippen molar-refractivity contribution in [1.29, 1.82) is 0 Å². The van der Waals surface area contributed by atoms with Gasteiger partial charge in [0.1, 0.15) is 6.33 Å². The van der Waals surface area contributed by atoms with Gasteiger partial charge in [-0.25, -0.2) is 9.97 Å². The quantitative estimate of drug-likeness (QED) is 0.199. The summed E-state index contributed by atoms with van der Waals surface area (Å²) < 4.78 is 4.77. The fourth-order valence-corrected chi connectivity index (χ4v) is 8.16. The third-order valence-corrected chi connectivity index (χ3v) is 10.2. The number of fused-ring (bicyclic) bond motifs is 9. The Labute approximate surface area is 275 Å². The van der Waals surface area contributed by atoms with Gasteiger partial charge in [-0.3, -0.25) is 0 Å². The summed E-state index contributed by atoms with van der Waals surface area (Å²) in [6, 6.07) is 54.8. The van der Waals surface area contributed by atoms with Gasteiger partial charge in [0.05, 0.1) is 33.5 Å². The number of aromatic nitrogens is 4. The molecule has 3 aromatic heterocycles. The first-order chi connectivity index (χ1) is 23.8. The predicted molar refractivity (Wildman–Crippen MR) is 198 cm³/mol. The maximum atomic E-state index is 4.84. The largest absolute Gasteiger partial charge is 0.309 e. The highest BCUT2D eigenvalue weighted by atomic mass is 15.0. The lowest BCUT2D eigenvalue weighted by atomic mass is 9.99. The summed E-state index contributed by atoms with van der Waals surface area (Å²) in [6.07, 6.45) is 1.70. The Hall–Kier alpha value is -6.52. The van der Waals surface area contributed by atoms with Gasteiger partial charge in [-0.1, -0.05) is 103 Å². The summed E-state index contributed by atoms with van der Waals surface area (Å²) >= 11 is 0. The molecule has 0 fully saturated rings. The van der Waals surface area contributed by atoms with Crippen molar-refractivity contribution in [3.8, 4) is 45.0 Å². The molecule has 1 aliphatic rings. The molecule has 7 aromatic carbocycles. The Balaban J connectivity index is 1.07. The highest BCUT2D eigenvalue weighted by Gasteiger charge is 2.26. The first-order valence-corrected chi connectivity index (χ1v) is 16.3. The monoisotopic (exact) mass is 610 g/mol. The Morgan fingerprint density at radius 2 is 0.938 bits per heavy atom. The topological polar surface area (TPSA) is 35.6 Å². The van der Waals surface area contributed by atoms with Gasteiger partial charge < -0.3 is 9.13 Å². The van der Waals surface area contributed by atoms with E-state index in [1.165, 1.54) is 65.5 Å². The molecular formula is C44H26N4. The summed E-state index contributed by atoms with van der Waals surface area (Å²) in [4.78, 5) is 9.59. The van der Waals surface area contributed by atoms with Crippen LogP contribution in [0.1, 0.15) is 0 Å². The zero-order valence-corrected chi connectivity index (χ0v) is 25.8. The zero-order valence-electron chi connectivity index (χ0n) is 25.8. The summed E-state index contributed by atoms with van der Waals surface area (Å²) in [5, 5.41) is 7.50. The van der Waals surface area contributed by atoms with E-state index in [1.54, 1.807) is 6.33 Å². The van der Waals surface area contributed by atoms with Gasteiger partial charge in [0.2, 0.25) is 0 Å². The summed E-state index contributed by atoms with van der Waals surface area (Å²) in [5.41, 5.74) is 13.6. The minimum absolute atomic E-state index is 0.966. The van der Waals surface area contributed by atoms with Gasteiger partial charge in [-0.05, 0) is 64.9 Å². The Morgan fingerprint density at radius 1 is 0.396 bits per heavy atom. The van der Waals surface area contributed by atoms with Crippen molar-refractivity contribution in [1.82, 2.24) is 19.1 Å². The molecule has 0 N–H and O–H groups in total. The van der Waals surface area contributed by atoms with Crippen molar-refractivity contribution >= 4 is 54.4 Å². The van der Waals surface area contributed by atoms with E-state index < -0.39 is 0 Å². The average molecular weight is 611 g/mol. The van der Waals surface area contributed by atoms with Gasteiger partial charge >= 0.3 is 0 Å². The Morgan fingerprint density at radius 3 is 1.62 bits per heavy atom. The van der Waals surface area contributed by atoms with E-state index >= 15 is 0 Å². The van der Waals surface area contributed by atoms with Crippen LogP contribution in [0.3, 0.4) is 0 Å². The average Bonchev–Trinajstić information content (AvgIpc) is 3.79. The molecule has 0 saturated carbocycles. The van der Waals surface area contributed by atoms with E-state index in [4.69, 9.17) is 9.97 Å². The number of rotatable bonds is 3. The fourth-order valence-electron chi connectivity index (χ4n) is 8.16. The maximum absolute atomic E-state index is 4.84. The second-order valence-electron chi connectivity index (χ2n) is 12.6. The maximum Gasteiger partial charge on any atom is 0.116 e. The second kappa shape index (κ2) is 9.50. The van der Waals surface area contributed by atoms with E-state index in [0.29, 0.717) is 0 Å². The van der Waals surface area contributed by atoms with Gasteiger partial charge in [0, 0.05) is 49.6 Å². The van der Waals surface area contributed by atoms with Gasteiger partial charge in [0.25, 0.3) is 0 Å². The smallest absolute Gasteiger partial charge is 0.116 e. The predicted octanol–water partition coefficient (Wildman–Crippen LogP) is 11.1. The van der Waals surface area contributed by atoms with Gasteiger partial charge in [-0.2, -0.15) is 0 Å². The lowest BCUT2D eigenvalue weighted by Crippen LogP contribution is -1.96. The van der Waals surface area contributed by atoms with Crippen molar-refractivity contribution in [3.05, 3.63) is 158 Å². The molecule has 0 amide bonds. The molecule has 3 heterocycles. The first-order valence-electron chi connectivity index (χ1n) is 16.3. The summed E-state index contributed by atoms with van der Waals surface area (Å²) in [5.74, 6) is 0. The van der Waals surface area contributed by atoms with Gasteiger partial charge in [-0.15, -0.1) is 0 Å². The summed E-state index contributed by atoms with van der Waals surface area (Å²) in [7, 11) is 0. The lowest BCUT2D eigenvalue weighted by Gasteiger charge is -2.12. The highest BCUT2D eigenvalue weighted by Crippen LogP contribution is 2.49.